The van der Waals surface area contributed by atoms with Gasteiger partial charge in [-0.05, 0) is 31.7 Å². The fraction of sp³-hybridized carbons (Fsp3) is 0.600. The predicted molar refractivity (Wildman–Crippen MR) is 109 cm³/mol. The molecule has 0 saturated heterocycles. The van der Waals surface area contributed by atoms with E-state index >= 15 is 0 Å². The first-order valence-electron chi connectivity index (χ1n) is 9.85. The molecule has 1 aliphatic rings. The minimum Gasteiger partial charge on any atom is -0.462 e. The standard InChI is InChI=1S/C20H28N2O6S/c1-4-27-20(26)16-12(2)17(18(25)21-3)29-19(16)22-14(23)11-28-15(24)10-9-13-7-5-6-8-13/h13H,4-11H2,1-3H3,(H,21,25)(H,22,23). The van der Waals surface area contributed by atoms with Crippen LogP contribution in [-0.2, 0) is 19.1 Å². The van der Waals surface area contributed by atoms with E-state index in [0.717, 1.165) is 30.6 Å². The number of anilines is 1. The van der Waals surface area contributed by atoms with Crippen LogP contribution < -0.4 is 10.6 Å². The number of ether oxygens (including phenoxy) is 2. The van der Waals surface area contributed by atoms with Crippen molar-refractivity contribution in [2.24, 2.45) is 5.92 Å². The van der Waals surface area contributed by atoms with E-state index in [1.54, 1.807) is 13.8 Å². The van der Waals surface area contributed by atoms with E-state index in [4.69, 9.17) is 9.47 Å². The highest BCUT2D eigenvalue weighted by molar-refractivity contribution is 7.18. The smallest absolute Gasteiger partial charge is 0.341 e. The molecule has 1 fully saturated rings. The van der Waals surface area contributed by atoms with Gasteiger partial charge in [0.25, 0.3) is 11.8 Å². The van der Waals surface area contributed by atoms with Crippen molar-refractivity contribution in [3.63, 3.8) is 0 Å². The summed E-state index contributed by atoms with van der Waals surface area (Å²) in [4.78, 5) is 48.7. The highest BCUT2D eigenvalue weighted by Gasteiger charge is 2.26. The Balaban J connectivity index is 1.97. The fourth-order valence-electron chi connectivity index (χ4n) is 3.38. The molecule has 0 aromatic carbocycles. The molecular weight excluding hydrogens is 396 g/mol. The number of carbonyl (C=O) groups excluding carboxylic acids is 4. The molecule has 160 valence electrons. The average molecular weight is 425 g/mol. The fourth-order valence-corrected chi connectivity index (χ4v) is 4.54. The van der Waals surface area contributed by atoms with E-state index in [1.807, 2.05) is 0 Å². The van der Waals surface area contributed by atoms with Crippen LogP contribution in [-0.4, -0.2) is 44.0 Å². The third-order valence-corrected chi connectivity index (χ3v) is 6.11. The Morgan fingerprint density at radius 3 is 2.45 bits per heavy atom. The lowest BCUT2D eigenvalue weighted by Crippen LogP contribution is -2.22. The molecule has 9 heteroatoms. The van der Waals surface area contributed by atoms with E-state index < -0.39 is 24.5 Å². The Morgan fingerprint density at radius 2 is 1.83 bits per heavy atom. The van der Waals surface area contributed by atoms with Crippen molar-refractivity contribution >= 4 is 40.1 Å². The first-order valence-corrected chi connectivity index (χ1v) is 10.7. The van der Waals surface area contributed by atoms with Gasteiger partial charge in [-0.15, -0.1) is 11.3 Å². The van der Waals surface area contributed by atoms with Crippen molar-refractivity contribution in [3.05, 3.63) is 16.0 Å². The Labute approximate surface area is 174 Å². The van der Waals surface area contributed by atoms with Crippen LogP contribution in [0.1, 0.15) is 71.0 Å². The lowest BCUT2D eigenvalue weighted by atomic mass is 10.0. The van der Waals surface area contributed by atoms with E-state index in [2.05, 4.69) is 10.6 Å². The molecule has 0 spiro atoms. The van der Waals surface area contributed by atoms with Gasteiger partial charge in [0.05, 0.1) is 17.0 Å². The quantitative estimate of drug-likeness (QED) is 0.590. The predicted octanol–water partition coefficient (Wildman–Crippen LogP) is 3.04. The molecule has 8 nitrogen and oxygen atoms in total. The molecule has 1 saturated carbocycles. The summed E-state index contributed by atoms with van der Waals surface area (Å²) < 4.78 is 10.1. The number of amides is 2. The number of nitrogens with one attached hydrogen (secondary N) is 2. The third-order valence-electron chi connectivity index (χ3n) is 4.91. The second-order valence-corrected chi connectivity index (χ2v) is 7.98. The van der Waals surface area contributed by atoms with Crippen molar-refractivity contribution in [3.8, 4) is 0 Å². The van der Waals surface area contributed by atoms with Gasteiger partial charge < -0.3 is 20.1 Å². The van der Waals surface area contributed by atoms with Gasteiger partial charge in [0.2, 0.25) is 0 Å². The minimum absolute atomic E-state index is 0.136. The lowest BCUT2D eigenvalue weighted by molar-refractivity contribution is -0.147. The van der Waals surface area contributed by atoms with Crippen LogP contribution in [0.4, 0.5) is 5.00 Å². The van der Waals surface area contributed by atoms with Crippen molar-refractivity contribution in [2.45, 2.75) is 52.4 Å². The Morgan fingerprint density at radius 1 is 1.14 bits per heavy atom. The van der Waals surface area contributed by atoms with Crippen molar-refractivity contribution in [2.75, 3.05) is 25.6 Å². The van der Waals surface area contributed by atoms with Crippen LogP contribution in [0.5, 0.6) is 0 Å². The summed E-state index contributed by atoms with van der Waals surface area (Å²) in [6, 6.07) is 0. The maximum atomic E-state index is 12.3. The van der Waals surface area contributed by atoms with E-state index in [-0.39, 0.29) is 23.1 Å². The summed E-state index contributed by atoms with van der Waals surface area (Å²) in [5.41, 5.74) is 0.563. The Bertz CT molecular complexity index is 767. The molecule has 1 aliphatic carbocycles. The molecule has 1 aromatic rings. The van der Waals surface area contributed by atoms with Gasteiger partial charge in [0.15, 0.2) is 6.61 Å². The van der Waals surface area contributed by atoms with Gasteiger partial charge in [-0.1, -0.05) is 25.7 Å². The van der Waals surface area contributed by atoms with Crippen LogP contribution in [0, 0.1) is 12.8 Å². The SMILES string of the molecule is CCOC(=O)c1c(NC(=O)COC(=O)CCC2CCCC2)sc(C(=O)NC)c1C. The van der Waals surface area contributed by atoms with Gasteiger partial charge in [-0.2, -0.15) is 0 Å². The zero-order chi connectivity index (χ0) is 21.4. The third kappa shape index (κ3) is 6.28. The zero-order valence-electron chi connectivity index (χ0n) is 17.1. The summed E-state index contributed by atoms with van der Waals surface area (Å²) >= 11 is 0.977. The normalized spacial score (nSPS) is 13.8. The highest BCUT2D eigenvalue weighted by atomic mass is 32.1. The summed E-state index contributed by atoms with van der Waals surface area (Å²) in [6.07, 6.45) is 5.80. The van der Waals surface area contributed by atoms with Crippen LogP contribution in [0.2, 0.25) is 0 Å². The van der Waals surface area contributed by atoms with Crippen LogP contribution in [0.3, 0.4) is 0 Å². The van der Waals surface area contributed by atoms with Gasteiger partial charge in [-0.3, -0.25) is 14.4 Å². The largest absolute Gasteiger partial charge is 0.462 e. The summed E-state index contributed by atoms with van der Waals surface area (Å²) in [6.45, 7) is 3.00. The molecule has 0 unspecified atom stereocenters. The number of carbonyl (C=O) groups is 4. The van der Waals surface area contributed by atoms with Crippen LogP contribution in [0.15, 0.2) is 0 Å². The van der Waals surface area contributed by atoms with Crippen LogP contribution >= 0.6 is 11.3 Å². The molecule has 2 amide bonds. The van der Waals surface area contributed by atoms with E-state index in [0.29, 0.717) is 22.8 Å². The Kier molecular flexibility index (Phi) is 8.63. The molecule has 29 heavy (non-hydrogen) atoms. The minimum atomic E-state index is -0.625. The maximum Gasteiger partial charge on any atom is 0.341 e. The molecule has 0 bridgehead atoms. The maximum absolute atomic E-state index is 12.3. The monoisotopic (exact) mass is 424 g/mol. The number of hydrogen-bond donors (Lipinski definition) is 2. The molecular formula is C20H28N2O6S. The van der Waals surface area contributed by atoms with Crippen molar-refractivity contribution in [1.82, 2.24) is 5.32 Å². The summed E-state index contributed by atoms with van der Waals surface area (Å²) in [5, 5.41) is 5.27. The number of thiophene rings is 1. The summed E-state index contributed by atoms with van der Waals surface area (Å²) in [5.74, 6) is -1.40. The van der Waals surface area contributed by atoms with Gasteiger partial charge >= 0.3 is 11.9 Å². The van der Waals surface area contributed by atoms with Gasteiger partial charge in [-0.25, -0.2) is 4.79 Å². The molecule has 1 heterocycles. The van der Waals surface area contributed by atoms with Crippen molar-refractivity contribution in [1.29, 1.82) is 0 Å². The molecule has 2 N–H and O–H groups in total. The highest BCUT2D eigenvalue weighted by Crippen LogP contribution is 2.34. The lowest BCUT2D eigenvalue weighted by Gasteiger charge is -2.09. The van der Waals surface area contributed by atoms with Gasteiger partial charge in [0, 0.05) is 13.5 Å². The molecule has 0 aliphatic heterocycles. The molecule has 2 rings (SSSR count). The van der Waals surface area contributed by atoms with E-state index in [1.165, 1.54) is 19.9 Å². The first kappa shape index (κ1) is 22.9. The number of esters is 2. The molecule has 0 radical (unpaired) electrons. The molecule has 0 atom stereocenters. The number of hydrogen-bond acceptors (Lipinski definition) is 7. The molecule has 1 aromatic heterocycles. The second-order valence-electron chi connectivity index (χ2n) is 6.96. The summed E-state index contributed by atoms with van der Waals surface area (Å²) in [7, 11) is 1.48. The zero-order valence-corrected chi connectivity index (χ0v) is 17.9. The second kappa shape index (κ2) is 10.9. The van der Waals surface area contributed by atoms with Crippen molar-refractivity contribution < 1.29 is 28.7 Å². The van der Waals surface area contributed by atoms with E-state index in [9.17, 15) is 19.2 Å². The number of rotatable bonds is 9. The first-order chi connectivity index (χ1) is 13.9. The van der Waals surface area contributed by atoms with Gasteiger partial charge in [0.1, 0.15) is 5.00 Å². The Hall–Kier alpha value is -2.42. The van der Waals surface area contributed by atoms with Crippen LogP contribution in [0.25, 0.3) is 0 Å². The average Bonchev–Trinajstić information content (AvgIpc) is 3.32. The topological polar surface area (TPSA) is 111 Å².